The molecule has 0 unspecified atom stereocenters. The van der Waals surface area contributed by atoms with Crippen molar-refractivity contribution in [3.63, 3.8) is 0 Å². The Morgan fingerprint density at radius 1 is 1.00 bits per heavy atom. The average Bonchev–Trinajstić information content (AvgIpc) is 2.73. The second-order valence-electron chi connectivity index (χ2n) is 6.37. The van der Waals surface area contributed by atoms with E-state index in [2.05, 4.69) is 0 Å². The van der Waals surface area contributed by atoms with E-state index in [0.717, 1.165) is 6.07 Å². The van der Waals surface area contributed by atoms with Gasteiger partial charge in [-0.25, -0.2) is 9.59 Å². The van der Waals surface area contributed by atoms with Crippen LogP contribution in [-0.2, 0) is 11.3 Å². The van der Waals surface area contributed by atoms with Gasteiger partial charge in [-0.15, -0.1) is 0 Å². The molecule has 7 heteroatoms. The molecule has 1 aromatic heterocycles. The standard InChI is InChI=1S/C22H16O7/c1-27-13-6-7-14-12(8-20(24)29-19(14)9-13)11-28-22(26)17-10-18(23)15-4-2-3-5-16(15)21(17)25/h2-10,23,25H,11H2,1H3. The quantitative estimate of drug-likeness (QED) is 0.310. The third-order valence-corrected chi connectivity index (χ3v) is 4.61. The van der Waals surface area contributed by atoms with E-state index in [1.54, 1.807) is 42.5 Å². The van der Waals surface area contributed by atoms with Crippen LogP contribution in [-0.4, -0.2) is 23.3 Å². The zero-order chi connectivity index (χ0) is 20.5. The zero-order valence-corrected chi connectivity index (χ0v) is 15.3. The Bertz CT molecular complexity index is 1300. The maximum Gasteiger partial charge on any atom is 0.342 e. The molecule has 146 valence electrons. The van der Waals surface area contributed by atoms with Gasteiger partial charge < -0.3 is 24.1 Å². The van der Waals surface area contributed by atoms with Gasteiger partial charge >= 0.3 is 11.6 Å². The Balaban J connectivity index is 1.66. The topological polar surface area (TPSA) is 106 Å². The van der Waals surface area contributed by atoms with Gasteiger partial charge in [0.05, 0.1) is 7.11 Å². The van der Waals surface area contributed by atoms with Crippen molar-refractivity contribution in [1.82, 2.24) is 0 Å². The number of methoxy groups -OCH3 is 1. The molecule has 4 rings (SSSR count). The van der Waals surface area contributed by atoms with Crippen molar-refractivity contribution in [3.05, 3.63) is 76.1 Å². The number of carbonyl (C=O) groups is 1. The van der Waals surface area contributed by atoms with Gasteiger partial charge in [-0.05, 0) is 18.2 Å². The lowest BCUT2D eigenvalue weighted by atomic mass is 10.0. The van der Waals surface area contributed by atoms with Crippen LogP contribution in [0.3, 0.4) is 0 Å². The molecule has 0 atom stereocenters. The molecular weight excluding hydrogens is 376 g/mol. The third kappa shape index (κ3) is 3.34. The molecule has 0 aliphatic rings. The Morgan fingerprint density at radius 2 is 1.76 bits per heavy atom. The molecule has 0 aliphatic heterocycles. The van der Waals surface area contributed by atoms with Crippen LogP contribution in [0.4, 0.5) is 0 Å². The number of carbonyl (C=O) groups excluding carboxylic acids is 1. The fourth-order valence-electron chi connectivity index (χ4n) is 3.17. The highest BCUT2D eigenvalue weighted by atomic mass is 16.5. The van der Waals surface area contributed by atoms with Gasteiger partial charge in [0.2, 0.25) is 0 Å². The first-order valence-corrected chi connectivity index (χ1v) is 8.69. The number of esters is 1. The Labute approximate surface area is 164 Å². The number of phenolic OH excluding ortho intramolecular Hbond substituents is 2. The van der Waals surface area contributed by atoms with Gasteiger partial charge in [0.1, 0.15) is 35.0 Å². The monoisotopic (exact) mass is 392 g/mol. The van der Waals surface area contributed by atoms with Crippen LogP contribution < -0.4 is 10.4 Å². The van der Waals surface area contributed by atoms with E-state index in [1.165, 1.54) is 13.2 Å². The lowest BCUT2D eigenvalue weighted by Gasteiger charge is -2.11. The van der Waals surface area contributed by atoms with Crippen molar-refractivity contribution in [2.24, 2.45) is 0 Å². The molecule has 7 nitrogen and oxygen atoms in total. The van der Waals surface area contributed by atoms with E-state index in [1.807, 2.05) is 0 Å². The molecule has 3 aromatic carbocycles. The maximum atomic E-state index is 12.5. The number of benzene rings is 3. The average molecular weight is 392 g/mol. The molecule has 2 N–H and O–H groups in total. The number of aromatic hydroxyl groups is 2. The van der Waals surface area contributed by atoms with Crippen molar-refractivity contribution in [2.45, 2.75) is 6.61 Å². The van der Waals surface area contributed by atoms with Crippen LogP contribution in [0.1, 0.15) is 15.9 Å². The smallest absolute Gasteiger partial charge is 0.342 e. The van der Waals surface area contributed by atoms with E-state index < -0.39 is 11.6 Å². The normalized spacial score (nSPS) is 10.9. The van der Waals surface area contributed by atoms with Gasteiger partial charge in [0, 0.05) is 33.9 Å². The van der Waals surface area contributed by atoms with Crippen molar-refractivity contribution >= 4 is 27.7 Å². The van der Waals surface area contributed by atoms with Crippen molar-refractivity contribution in [1.29, 1.82) is 0 Å². The molecule has 4 aromatic rings. The fraction of sp³-hybridized carbons (Fsp3) is 0.0909. The van der Waals surface area contributed by atoms with Gasteiger partial charge in [0.25, 0.3) is 0 Å². The van der Waals surface area contributed by atoms with E-state index in [4.69, 9.17) is 13.9 Å². The van der Waals surface area contributed by atoms with E-state index in [-0.39, 0.29) is 23.7 Å². The predicted molar refractivity (Wildman–Crippen MR) is 105 cm³/mol. The molecule has 0 saturated carbocycles. The third-order valence-electron chi connectivity index (χ3n) is 4.61. The summed E-state index contributed by atoms with van der Waals surface area (Å²) in [6, 6.07) is 14.0. The lowest BCUT2D eigenvalue weighted by molar-refractivity contribution is 0.0470. The first kappa shape index (κ1) is 18.4. The summed E-state index contributed by atoms with van der Waals surface area (Å²) < 4.78 is 15.6. The summed E-state index contributed by atoms with van der Waals surface area (Å²) in [5.41, 5.74) is -0.0241. The van der Waals surface area contributed by atoms with Gasteiger partial charge in [-0.3, -0.25) is 0 Å². The number of hydrogen-bond acceptors (Lipinski definition) is 7. The van der Waals surface area contributed by atoms with E-state index >= 15 is 0 Å². The predicted octanol–water partition coefficient (Wildman–Crippen LogP) is 3.72. The molecule has 0 radical (unpaired) electrons. The Kier molecular flexibility index (Phi) is 4.56. The van der Waals surface area contributed by atoms with Crippen LogP contribution in [0, 0.1) is 0 Å². The van der Waals surface area contributed by atoms with Crippen LogP contribution in [0.25, 0.3) is 21.7 Å². The minimum atomic E-state index is -0.835. The molecule has 1 heterocycles. The fourth-order valence-corrected chi connectivity index (χ4v) is 3.17. The number of rotatable bonds is 4. The summed E-state index contributed by atoms with van der Waals surface area (Å²) >= 11 is 0. The summed E-state index contributed by atoms with van der Waals surface area (Å²) in [4.78, 5) is 24.4. The lowest BCUT2D eigenvalue weighted by Crippen LogP contribution is -2.08. The molecule has 0 aliphatic carbocycles. The summed E-state index contributed by atoms with van der Waals surface area (Å²) in [5, 5.41) is 21.9. The number of phenols is 2. The van der Waals surface area contributed by atoms with Crippen LogP contribution >= 0.6 is 0 Å². The van der Waals surface area contributed by atoms with Gasteiger partial charge in [-0.1, -0.05) is 24.3 Å². The van der Waals surface area contributed by atoms with Crippen molar-refractivity contribution < 1.29 is 28.9 Å². The highest BCUT2D eigenvalue weighted by Gasteiger charge is 2.19. The molecule has 29 heavy (non-hydrogen) atoms. The highest BCUT2D eigenvalue weighted by Crippen LogP contribution is 2.35. The molecule has 0 spiro atoms. The molecule has 0 amide bonds. The second-order valence-corrected chi connectivity index (χ2v) is 6.37. The summed E-state index contributed by atoms with van der Waals surface area (Å²) in [6.45, 7) is -0.222. The Morgan fingerprint density at radius 3 is 2.52 bits per heavy atom. The summed E-state index contributed by atoms with van der Waals surface area (Å²) in [7, 11) is 1.50. The Hall–Kier alpha value is -4.00. The molecular formula is C22H16O7. The van der Waals surface area contributed by atoms with Gasteiger partial charge in [-0.2, -0.15) is 0 Å². The van der Waals surface area contributed by atoms with E-state index in [0.29, 0.717) is 33.1 Å². The molecule has 0 saturated heterocycles. The maximum absolute atomic E-state index is 12.5. The van der Waals surface area contributed by atoms with Crippen LogP contribution in [0.5, 0.6) is 17.2 Å². The first-order chi connectivity index (χ1) is 14.0. The summed E-state index contributed by atoms with van der Waals surface area (Å²) in [6.07, 6.45) is 0. The largest absolute Gasteiger partial charge is 0.507 e. The first-order valence-electron chi connectivity index (χ1n) is 8.69. The van der Waals surface area contributed by atoms with Crippen molar-refractivity contribution in [2.75, 3.05) is 7.11 Å². The van der Waals surface area contributed by atoms with Crippen molar-refractivity contribution in [3.8, 4) is 17.2 Å². The molecule has 0 fully saturated rings. The minimum Gasteiger partial charge on any atom is -0.507 e. The second kappa shape index (κ2) is 7.20. The zero-order valence-electron chi connectivity index (χ0n) is 15.3. The molecule has 0 bridgehead atoms. The minimum absolute atomic E-state index is 0.150. The number of ether oxygens (including phenoxy) is 2. The summed E-state index contributed by atoms with van der Waals surface area (Å²) in [5.74, 6) is -0.751. The highest BCUT2D eigenvalue weighted by molar-refractivity contribution is 6.03. The van der Waals surface area contributed by atoms with Crippen LogP contribution in [0.15, 0.2) is 63.8 Å². The number of hydrogen-bond donors (Lipinski definition) is 2. The van der Waals surface area contributed by atoms with E-state index in [9.17, 15) is 19.8 Å². The SMILES string of the molecule is COc1ccc2c(COC(=O)c3cc(O)c4ccccc4c3O)cc(=O)oc2c1. The van der Waals surface area contributed by atoms with Gasteiger partial charge in [0.15, 0.2) is 0 Å². The van der Waals surface area contributed by atoms with Crippen LogP contribution in [0.2, 0.25) is 0 Å². The number of fused-ring (bicyclic) bond motifs is 2.